The van der Waals surface area contributed by atoms with E-state index in [4.69, 9.17) is 25.4 Å². The lowest BCUT2D eigenvalue weighted by Gasteiger charge is -2.31. The largest absolute Gasteiger partial charge is 0.497 e. The van der Waals surface area contributed by atoms with Crippen LogP contribution in [0.1, 0.15) is 58.0 Å². The third-order valence-corrected chi connectivity index (χ3v) is 6.43. The molecule has 37 heavy (non-hydrogen) atoms. The van der Waals surface area contributed by atoms with Gasteiger partial charge in [0.15, 0.2) is 11.7 Å². The first-order valence-corrected chi connectivity index (χ1v) is 12.3. The maximum Gasteiger partial charge on any atom is 0.273 e. The van der Waals surface area contributed by atoms with E-state index in [1.807, 2.05) is 13.8 Å². The van der Waals surface area contributed by atoms with Crippen molar-refractivity contribution in [1.29, 1.82) is 0 Å². The van der Waals surface area contributed by atoms with Gasteiger partial charge >= 0.3 is 0 Å². The van der Waals surface area contributed by atoms with E-state index in [9.17, 15) is 14.4 Å². The number of rotatable bonds is 11. The van der Waals surface area contributed by atoms with Crippen LogP contribution in [0.5, 0.6) is 11.5 Å². The van der Waals surface area contributed by atoms with Crippen molar-refractivity contribution >= 4 is 40.6 Å². The van der Waals surface area contributed by atoms with Crippen LogP contribution in [0.15, 0.2) is 34.7 Å². The van der Waals surface area contributed by atoms with E-state index in [2.05, 4.69) is 9.69 Å². The molecule has 0 saturated carbocycles. The van der Waals surface area contributed by atoms with Gasteiger partial charge in [0.25, 0.3) is 17.7 Å². The number of nitrogen functional groups attached to an aromatic ring is 1. The van der Waals surface area contributed by atoms with Gasteiger partial charge in [-0.05, 0) is 55.1 Å². The van der Waals surface area contributed by atoms with Crippen molar-refractivity contribution in [2.75, 3.05) is 31.4 Å². The molecule has 0 saturated heterocycles. The van der Waals surface area contributed by atoms with E-state index < -0.39 is 23.8 Å². The molecule has 0 fully saturated rings. The van der Waals surface area contributed by atoms with Gasteiger partial charge in [-0.2, -0.15) is 4.37 Å². The Bertz CT molecular complexity index is 1280. The number of ether oxygens (including phenoxy) is 2. The summed E-state index contributed by atoms with van der Waals surface area (Å²) in [6.45, 7) is 6.21. The summed E-state index contributed by atoms with van der Waals surface area (Å²) in [4.78, 5) is 40.7. The zero-order valence-electron chi connectivity index (χ0n) is 21.4. The molecule has 0 bridgehead atoms. The first-order valence-electron chi connectivity index (χ1n) is 11.5. The number of carbonyl (C=O) groups is 3. The highest BCUT2D eigenvalue weighted by Gasteiger charge is 2.39. The summed E-state index contributed by atoms with van der Waals surface area (Å²) in [5, 5.41) is 2.90. The highest BCUT2D eigenvalue weighted by Crippen LogP contribution is 2.40. The van der Waals surface area contributed by atoms with E-state index in [0.29, 0.717) is 35.5 Å². The number of furan rings is 1. The summed E-state index contributed by atoms with van der Waals surface area (Å²) < 4.78 is 20.6. The number of hydrogen-bond acceptors (Lipinski definition) is 9. The molecule has 198 valence electrons. The zero-order valence-corrected chi connectivity index (χ0v) is 22.2. The molecule has 3 amide bonds. The lowest BCUT2D eigenvalue weighted by Crippen LogP contribution is -2.44. The number of hydrogen-bond donors (Lipinski definition) is 3. The minimum absolute atomic E-state index is 0.0603. The highest BCUT2D eigenvalue weighted by molar-refractivity contribution is 7.09. The molecule has 2 heterocycles. The fraction of sp³-hybridized carbons (Fsp3) is 0.360. The second-order valence-corrected chi connectivity index (χ2v) is 9.45. The summed E-state index contributed by atoms with van der Waals surface area (Å²) in [6, 6.07) is 6.89. The van der Waals surface area contributed by atoms with Crippen LogP contribution in [0.3, 0.4) is 0 Å². The average molecular weight is 530 g/mol. The SMILES string of the molecule is COc1ccc(N(C(=O)c2snc(C(N)=O)c2N)[C@@H](C(=O)NCCC(C)C)c2ccc(C)o2)c(OC)c1. The molecule has 0 unspecified atom stereocenters. The average Bonchev–Trinajstić information content (AvgIpc) is 3.46. The van der Waals surface area contributed by atoms with E-state index in [1.54, 1.807) is 37.3 Å². The van der Waals surface area contributed by atoms with Crippen LogP contribution in [-0.4, -0.2) is 42.9 Å². The van der Waals surface area contributed by atoms with E-state index in [1.165, 1.54) is 19.1 Å². The van der Waals surface area contributed by atoms with Crippen molar-refractivity contribution < 1.29 is 28.3 Å². The molecule has 12 heteroatoms. The number of amides is 3. The van der Waals surface area contributed by atoms with E-state index in [-0.39, 0.29) is 33.5 Å². The standard InChI is InChI=1S/C25H31N5O6S/c1-13(2)10-11-28-24(32)21(17-9-6-14(3)36-17)30(16-8-7-15(34-4)12-18(16)35-5)25(33)22-19(26)20(23(27)31)29-37-22/h6-9,12-13,21H,10-11,26H2,1-5H3,(H2,27,31)(H,28,32)/t21-/m1/s1. The number of benzene rings is 1. The fourth-order valence-electron chi connectivity index (χ4n) is 3.64. The molecule has 3 aromatic rings. The Balaban J connectivity index is 2.22. The van der Waals surface area contributed by atoms with Gasteiger partial charge in [0.2, 0.25) is 0 Å². The smallest absolute Gasteiger partial charge is 0.273 e. The monoisotopic (exact) mass is 529 g/mol. The minimum Gasteiger partial charge on any atom is -0.497 e. The Hall–Kier alpha value is -4.06. The van der Waals surface area contributed by atoms with Gasteiger partial charge in [0.1, 0.15) is 27.9 Å². The highest BCUT2D eigenvalue weighted by atomic mass is 32.1. The number of anilines is 2. The molecule has 5 N–H and O–H groups in total. The molecule has 0 aliphatic carbocycles. The molecule has 0 aliphatic rings. The predicted octanol–water partition coefficient (Wildman–Crippen LogP) is 3.29. The number of nitrogens with one attached hydrogen (secondary N) is 1. The molecule has 0 spiro atoms. The molecule has 0 radical (unpaired) electrons. The number of nitrogens with two attached hydrogens (primary N) is 2. The van der Waals surface area contributed by atoms with Gasteiger partial charge in [-0.25, -0.2) is 0 Å². The lowest BCUT2D eigenvalue weighted by molar-refractivity contribution is -0.122. The number of methoxy groups -OCH3 is 2. The summed E-state index contributed by atoms with van der Waals surface area (Å²) in [7, 11) is 2.93. The first-order chi connectivity index (χ1) is 17.6. The van der Waals surface area contributed by atoms with Crippen molar-refractivity contribution in [3.63, 3.8) is 0 Å². The molecule has 0 aliphatic heterocycles. The van der Waals surface area contributed by atoms with Gasteiger partial charge in [-0.3, -0.25) is 19.3 Å². The number of aromatic nitrogens is 1. The maximum absolute atomic E-state index is 14.1. The van der Waals surface area contributed by atoms with Crippen LogP contribution in [0, 0.1) is 12.8 Å². The second-order valence-electron chi connectivity index (χ2n) is 8.68. The Morgan fingerprint density at radius 3 is 2.43 bits per heavy atom. The van der Waals surface area contributed by atoms with E-state index in [0.717, 1.165) is 6.42 Å². The summed E-state index contributed by atoms with van der Waals surface area (Å²) in [6.07, 6.45) is 0.735. The first kappa shape index (κ1) is 27.5. The maximum atomic E-state index is 14.1. The third-order valence-electron chi connectivity index (χ3n) is 5.58. The second kappa shape index (κ2) is 11.8. The summed E-state index contributed by atoms with van der Waals surface area (Å²) in [5.74, 6) is -0.161. The van der Waals surface area contributed by atoms with Gasteiger partial charge in [0.05, 0.1) is 25.6 Å². The van der Waals surface area contributed by atoms with Crippen LogP contribution in [0.2, 0.25) is 0 Å². The molecular weight excluding hydrogens is 498 g/mol. The normalized spacial score (nSPS) is 11.7. The van der Waals surface area contributed by atoms with Gasteiger partial charge < -0.3 is 30.7 Å². The lowest BCUT2D eigenvalue weighted by atomic mass is 10.1. The Morgan fingerprint density at radius 2 is 1.89 bits per heavy atom. The Labute approximate surface area is 218 Å². The van der Waals surface area contributed by atoms with E-state index >= 15 is 0 Å². The van der Waals surface area contributed by atoms with Gasteiger partial charge in [-0.15, -0.1) is 0 Å². The fourth-order valence-corrected chi connectivity index (χ4v) is 4.39. The number of nitrogens with zero attached hydrogens (tertiary/aromatic N) is 2. The van der Waals surface area contributed by atoms with Crippen molar-refractivity contribution in [2.45, 2.75) is 33.2 Å². The summed E-state index contributed by atoms with van der Waals surface area (Å²) in [5.41, 5.74) is 11.3. The van der Waals surface area contributed by atoms with Crippen LogP contribution in [0.4, 0.5) is 11.4 Å². The van der Waals surface area contributed by atoms with Crippen LogP contribution in [0.25, 0.3) is 0 Å². The Kier molecular flexibility index (Phi) is 8.77. The molecule has 1 atom stereocenters. The van der Waals surface area contributed by atoms with Crippen molar-refractivity contribution in [3.8, 4) is 11.5 Å². The van der Waals surface area contributed by atoms with Crippen molar-refractivity contribution in [2.24, 2.45) is 11.7 Å². The Morgan fingerprint density at radius 1 is 1.16 bits per heavy atom. The predicted molar refractivity (Wildman–Crippen MR) is 140 cm³/mol. The molecule has 1 aromatic carbocycles. The number of aryl methyl sites for hydroxylation is 1. The quantitative estimate of drug-likeness (QED) is 0.341. The zero-order chi connectivity index (χ0) is 27.3. The molecule has 2 aromatic heterocycles. The van der Waals surface area contributed by atoms with Crippen LogP contribution < -0.4 is 31.2 Å². The number of primary amides is 1. The van der Waals surface area contributed by atoms with Crippen LogP contribution >= 0.6 is 11.5 Å². The van der Waals surface area contributed by atoms with Gasteiger partial charge in [-0.1, -0.05) is 13.8 Å². The minimum atomic E-state index is -1.24. The van der Waals surface area contributed by atoms with Crippen LogP contribution in [-0.2, 0) is 4.79 Å². The molecule has 3 rings (SSSR count). The third kappa shape index (κ3) is 6.02. The number of carbonyl (C=O) groups excluding carboxylic acids is 3. The topological polar surface area (TPSA) is 163 Å². The van der Waals surface area contributed by atoms with Crippen molar-refractivity contribution in [3.05, 3.63) is 52.4 Å². The molecular formula is C25H31N5O6S. The van der Waals surface area contributed by atoms with Crippen molar-refractivity contribution in [1.82, 2.24) is 9.69 Å². The molecule has 11 nitrogen and oxygen atoms in total. The summed E-state index contributed by atoms with van der Waals surface area (Å²) >= 11 is 0.713. The van der Waals surface area contributed by atoms with Gasteiger partial charge in [0, 0.05) is 12.6 Å².